The number of furan rings is 1. The summed E-state index contributed by atoms with van der Waals surface area (Å²) in [7, 11) is 0. The summed E-state index contributed by atoms with van der Waals surface area (Å²) in [6.45, 7) is 1.62. The molecular weight excluding hydrogens is 386 g/mol. The van der Waals surface area contributed by atoms with E-state index in [1.54, 1.807) is 6.26 Å². The molecule has 1 saturated heterocycles. The molecule has 1 aliphatic rings. The predicted molar refractivity (Wildman–Crippen MR) is 113 cm³/mol. The number of fused-ring (bicyclic) bond motifs is 1. The lowest BCUT2D eigenvalue weighted by Gasteiger charge is -2.21. The molecule has 29 heavy (non-hydrogen) atoms. The lowest BCUT2D eigenvalue weighted by Crippen LogP contribution is -2.17. The van der Waals surface area contributed by atoms with Crippen molar-refractivity contribution in [3.05, 3.63) is 59.3 Å². The van der Waals surface area contributed by atoms with Gasteiger partial charge in [0.1, 0.15) is 11.4 Å². The first-order valence-corrected chi connectivity index (χ1v) is 10.6. The predicted octanol–water partition coefficient (Wildman–Crippen LogP) is 5.11. The molecule has 4 heterocycles. The maximum absolute atomic E-state index is 12.8. The average molecular weight is 407 g/mol. The Labute approximate surface area is 171 Å². The second kappa shape index (κ2) is 7.85. The van der Waals surface area contributed by atoms with Crippen molar-refractivity contribution in [1.29, 1.82) is 0 Å². The summed E-state index contributed by atoms with van der Waals surface area (Å²) in [4.78, 5) is 21.8. The fourth-order valence-corrected chi connectivity index (χ4v) is 4.80. The van der Waals surface area contributed by atoms with Gasteiger partial charge in [0.25, 0.3) is 5.91 Å². The van der Waals surface area contributed by atoms with Crippen molar-refractivity contribution >= 4 is 33.3 Å². The van der Waals surface area contributed by atoms with Gasteiger partial charge < -0.3 is 14.1 Å². The Bertz CT molecular complexity index is 1090. The van der Waals surface area contributed by atoms with Crippen LogP contribution in [-0.2, 0) is 11.2 Å². The van der Waals surface area contributed by atoms with Crippen LogP contribution in [0.1, 0.15) is 28.2 Å². The number of aromatic nitrogens is 2. The molecule has 1 aliphatic heterocycles. The first-order chi connectivity index (χ1) is 14.3. The molecule has 5 rings (SSSR count). The molecule has 3 aromatic heterocycles. The van der Waals surface area contributed by atoms with Gasteiger partial charge in [0.2, 0.25) is 0 Å². The minimum Gasteiger partial charge on any atom is -0.463 e. The van der Waals surface area contributed by atoms with E-state index >= 15 is 0 Å². The molecule has 6 nitrogen and oxygen atoms in total. The number of hydrogen-bond acceptors (Lipinski definition) is 5. The number of aromatic amines is 1. The molecular formula is C22H21N3O3S. The van der Waals surface area contributed by atoms with E-state index in [9.17, 15) is 4.79 Å². The Hall–Kier alpha value is -2.90. The van der Waals surface area contributed by atoms with Gasteiger partial charge in [-0.3, -0.25) is 10.1 Å². The summed E-state index contributed by atoms with van der Waals surface area (Å²) < 4.78 is 11.1. The molecule has 7 heteroatoms. The molecule has 0 bridgehead atoms. The number of amides is 1. The molecule has 0 spiro atoms. The zero-order valence-electron chi connectivity index (χ0n) is 15.8. The van der Waals surface area contributed by atoms with Crippen LogP contribution in [0.3, 0.4) is 0 Å². The van der Waals surface area contributed by atoms with E-state index in [0.29, 0.717) is 16.7 Å². The summed E-state index contributed by atoms with van der Waals surface area (Å²) in [5.41, 5.74) is 2.28. The minimum atomic E-state index is -0.196. The Morgan fingerprint density at radius 2 is 2.07 bits per heavy atom. The van der Waals surface area contributed by atoms with Crippen molar-refractivity contribution in [1.82, 2.24) is 9.97 Å². The third kappa shape index (κ3) is 3.83. The van der Waals surface area contributed by atoms with E-state index < -0.39 is 0 Å². The number of rotatable bonds is 5. The van der Waals surface area contributed by atoms with E-state index in [1.165, 1.54) is 11.3 Å². The van der Waals surface area contributed by atoms with E-state index in [4.69, 9.17) is 9.15 Å². The van der Waals surface area contributed by atoms with Crippen LogP contribution in [0.15, 0.2) is 53.1 Å². The summed E-state index contributed by atoms with van der Waals surface area (Å²) in [6, 6.07) is 13.5. The molecule has 0 saturated carbocycles. The molecule has 0 radical (unpaired) electrons. The summed E-state index contributed by atoms with van der Waals surface area (Å²) >= 11 is 1.52. The Balaban J connectivity index is 1.40. The molecule has 2 N–H and O–H groups in total. The average Bonchev–Trinajstić information content (AvgIpc) is 3.48. The van der Waals surface area contributed by atoms with Gasteiger partial charge in [-0.25, -0.2) is 4.98 Å². The highest BCUT2D eigenvalue weighted by molar-refractivity contribution is 7.16. The van der Waals surface area contributed by atoms with Crippen LogP contribution in [0.25, 0.3) is 22.4 Å². The number of thiazole rings is 1. The molecule has 148 valence electrons. The third-order valence-electron chi connectivity index (χ3n) is 5.26. The summed E-state index contributed by atoms with van der Waals surface area (Å²) in [5.74, 6) is 1.10. The molecule has 0 unspecified atom stereocenters. The fourth-order valence-electron chi connectivity index (χ4n) is 3.72. The Morgan fingerprint density at radius 1 is 1.21 bits per heavy atom. The van der Waals surface area contributed by atoms with Crippen LogP contribution in [-0.4, -0.2) is 29.1 Å². The number of benzene rings is 1. The highest BCUT2D eigenvalue weighted by Gasteiger charge is 2.22. The zero-order valence-corrected chi connectivity index (χ0v) is 16.6. The summed E-state index contributed by atoms with van der Waals surface area (Å²) in [6.07, 6.45) is 4.66. The van der Waals surface area contributed by atoms with E-state index in [-0.39, 0.29) is 5.91 Å². The van der Waals surface area contributed by atoms with Crippen LogP contribution < -0.4 is 5.32 Å². The second-order valence-corrected chi connectivity index (χ2v) is 8.34. The number of hydrogen-bond donors (Lipinski definition) is 2. The van der Waals surface area contributed by atoms with Gasteiger partial charge in [-0.05, 0) is 49.4 Å². The minimum absolute atomic E-state index is 0.196. The van der Waals surface area contributed by atoms with Crippen LogP contribution in [0.2, 0.25) is 0 Å². The molecule has 0 atom stereocenters. The number of carbonyl (C=O) groups excluding carboxylic acids is 1. The highest BCUT2D eigenvalue weighted by atomic mass is 32.1. The van der Waals surface area contributed by atoms with Crippen molar-refractivity contribution in [3.63, 3.8) is 0 Å². The molecule has 1 aromatic carbocycles. The quantitative estimate of drug-likeness (QED) is 0.482. The zero-order chi connectivity index (χ0) is 19.6. The third-order valence-corrected chi connectivity index (χ3v) is 6.26. The topological polar surface area (TPSA) is 80.2 Å². The van der Waals surface area contributed by atoms with Crippen molar-refractivity contribution in [2.24, 2.45) is 5.92 Å². The second-order valence-electron chi connectivity index (χ2n) is 7.25. The van der Waals surface area contributed by atoms with Gasteiger partial charge in [0.15, 0.2) is 10.9 Å². The van der Waals surface area contributed by atoms with Crippen molar-refractivity contribution in [3.8, 4) is 11.5 Å². The van der Waals surface area contributed by atoms with Gasteiger partial charge in [0.05, 0.1) is 6.26 Å². The Morgan fingerprint density at radius 3 is 2.86 bits per heavy atom. The number of ether oxygens (including phenoxy) is 1. The van der Waals surface area contributed by atoms with Crippen LogP contribution in [0.4, 0.5) is 5.13 Å². The largest absolute Gasteiger partial charge is 0.463 e. The van der Waals surface area contributed by atoms with Gasteiger partial charge in [-0.15, -0.1) is 11.3 Å². The maximum atomic E-state index is 12.8. The lowest BCUT2D eigenvalue weighted by atomic mass is 9.95. The number of carbonyl (C=O) groups is 1. The van der Waals surface area contributed by atoms with Crippen molar-refractivity contribution in [2.75, 3.05) is 18.5 Å². The Kier molecular flexibility index (Phi) is 4.91. The van der Waals surface area contributed by atoms with Crippen LogP contribution in [0, 0.1) is 5.92 Å². The van der Waals surface area contributed by atoms with E-state index in [2.05, 4.69) is 15.3 Å². The molecule has 4 aromatic rings. The van der Waals surface area contributed by atoms with Gasteiger partial charge in [-0.2, -0.15) is 0 Å². The number of anilines is 1. The van der Waals surface area contributed by atoms with Gasteiger partial charge in [0, 0.05) is 29.0 Å². The first kappa shape index (κ1) is 18.1. The molecule has 0 aliphatic carbocycles. The normalized spacial score (nSPS) is 15.0. The summed E-state index contributed by atoms with van der Waals surface area (Å²) in [5, 5.41) is 4.54. The standard InChI is InChI=1S/C22H21N3O3S/c26-21(17-13-15-4-1-2-5-16(15)23-17)25-22-24-20(18-6-3-9-28-18)19(29-22)12-14-7-10-27-11-8-14/h1-6,9,13-14,23H,7-8,10-12H2,(H,24,25,26). The number of H-pyrrole nitrogens is 1. The first-order valence-electron chi connectivity index (χ1n) is 9.77. The number of nitrogens with one attached hydrogen (secondary N) is 2. The van der Waals surface area contributed by atoms with Gasteiger partial charge in [-0.1, -0.05) is 18.2 Å². The fraction of sp³-hybridized carbons (Fsp3) is 0.273. The van der Waals surface area contributed by atoms with Crippen molar-refractivity contribution < 1.29 is 13.9 Å². The highest BCUT2D eigenvalue weighted by Crippen LogP contribution is 2.35. The number of nitrogens with zero attached hydrogens (tertiary/aromatic N) is 1. The molecule has 1 amide bonds. The monoisotopic (exact) mass is 407 g/mol. The van der Waals surface area contributed by atoms with Crippen LogP contribution in [0.5, 0.6) is 0 Å². The van der Waals surface area contributed by atoms with Crippen LogP contribution >= 0.6 is 11.3 Å². The van der Waals surface area contributed by atoms with Gasteiger partial charge >= 0.3 is 0 Å². The smallest absolute Gasteiger partial charge is 0.273 e. The number of para-hydroxylation sites is 1. The maximum Gasteiger partial charge on any atom is 0.273 e. The lowest BCUT2D eigenvalue weighted by molar-refractivity contribution is 0.0667. The van der Waals surface area contributed by atoms with Crippen molar-refractivity contribution in [2.45, 2.75) is 19.3 Å². The SMILES string of the molecule is O=C(Nc1nc(-c2ccco2)c(CC2CCOCC2)s1)c1cc2ccccc2[nH]1. The van der Waals surface area contributed by atoms with E-state index in [0.717, 1.165) is 59.7 Å². The van der Waals surface area contributed by atoms with E-state index in [1.807, 2.05) is 42.5 Å². The molecule has 1 fully saturated rings.